The minimum atomic E-state index is 0.0511. The summed E-state index contributed by atoms with van der Waals surface area (Å²) in [5.41, 5.74) is 3.30. The summed E-state index contributed by atoms with van der Waals surface area (Å²) in [4.78, 5) is 24.4. The first-order valence-electron chi connectivity index (χ1n) is 11.1. The van der Waals surface area contributed by atoms with E-state index >= 15 is 0 Å². The Hall–Kier alpha value is -2.26. The number of carbonyl (C=O) groups excluding carboxylic acids is 1. The highest BCUT2D eigenvalue weighted by Crippen LogP contribution is 2.27. The normalized spacial score (nSPS) is 15.0. The van der Waals surface area contributed by atoms with Gasteiger partial charge in [-0.2, -0.15) is 0 Å². The molecule has 1 aliphatic rings. The van der Waals surface area contributed by atoms with Gasteiger partial charge in [-0.05, 0) is 50.3 Å². The average molecular weight is 471 g/mol. The van der Waals surface area contributed by atoms with Crippen LogP contribution in [-0.2, 0) is 4.79 Å². The molecular formula is C23H30N6OS2. The fourth-order valence-electron chi connectivity index (χ4n) is 3.92. The number of fused-ring (bicyclic) bond motifs is 1. The second-order valence-corrected chi connectivity index (χ2v) is 11.1. The molecule has 1 saturated heterocycles. The standard InChI is InChI=1S/C23H30N6OS2/c1-14(2)18-5-6-20-19(13-18)15(3)25-22(26-20)29-10-7-17(8-11-29)21(30)24-9-12-31-23-28-27-16(4)32-23/h5-6,13-14,17H,7-12H2,1-4H3,(H,24,30). The Morgan fingerprint density at radius 2 is 2.00 bits per heavy atom. The van der Waals surface area contributed by atoms with Crippen LogP contribution in [0.3, 0.4) is 0 Å². The van der Waals surface area contributed by atoms with Gasteiger partial charge in [-0.15, -0.1) is 10.2 Å². The van der Waals surface area contributed by atoms with E-state index in [-0.39, 0.29) is 11.8 Å². The minimum Gasteiger partial charge on any atom is -0.355 e. The Morgan fingerprint density at radius 1 is 1.22 bits per heavy atom. The summed E-state index contributed by atoms with van der Waals surface area (Å²) in [6, 6.07) is 6.47. The summed E-state index contributed by atoms with van der Waals surface area (Å²) in [5, 5.41) is 13.3. The van der Waals surface area contributed by atoms with Gasteiger partial charge in [0, 0.05) is 36.7 Å². The fourth-order valence-corrected chi connectivity index (χ4v) is 5.66. The zero-order chi connectivity index (χ0) is 22.7. The van der Waals surface area contributed by atoms with E-state index in [1.54, 1.807) is 23.1 Å². The summed E-state index contributed by atoms with van der Waals surface area (Å²) >= 11 is 3.22. The van der Waals surface area contributed by atoms with E-state index in [1.165, 1.54) is 5.56 Å². The molecule has 3 aromatic rings. The van der Waals surface area contributed by atoms with Crippen molar-refractivity contribution < 1.29 is 4.79 Å². The fraction of sp³-hybridized carbons (Fsp3) is 0.522. The number of aryl methyl sites for hydroxylation is 2. The van der Waals surface area contributed by atoms with Crippen LogP contribution in [0.25, 0.3) is 10.9 Å². The van der Waals surface area contributed by atoms with Crippen molar-refractivity contribution >= 4 is 45.9 Å². The molecule has 0 bridgehead atoms. The van der Waals surface area contributed by atoms with Gasteiger partial charge in [-0.25, -0.2) is 9.97 Å². The van der Waals surface area contributed by atoms with Gasteiger partial charge in [0.1, 0.15) is 5.01 Å². The van der Waals surface area contributed by atoms with Crippen LogP contribution >= 0.6 is 23.1 Å². The first-order chi connectivity index (χ1) is 15.4. The molecule has 7 nitrogen and oxygen atoms in total. The minimum absolute atomic E-state index is 0.0511. The van der Waals surface area contributed by atoms with E-state index in [9.17, 15) is 4.79 Å². The first-order valence-corrected chi connectivity index (χ1v) is 12.9. The number of nitrogens with one attached hydrogen (secondary N) is 1. The van der Waals surface area contributed by atoms with Crippen LogP contribution in [0.1, 0.15) is 48.9 Å². The Labute approximate surface area is 197 Å². The molecule has 0 spiro atoms. The van der Waals surface area contributed by atoms with Gasteiger partial charge in [0.15, 0.2) is 4.34 Å². The highest BCUT2D eigenvalue weighted by atomic mass is 32.2. The summed E-state index contributed by atoms with van der Waals surface area (Å²) in [7, 11) is 0. The van der Waals surface area contributed by atoms with Crippen molar-refractivity contribution in [2.24, 2.45) is 5.92 Å². The number of benzene rings is 1. The molecule has 1 aliphatic heterocycles. The van der Waals surface area contributed by atoms with E-state index in [0.29, 0.717) is 12.5 Å². The Morgan fingerprint density at radius 3 is 2.69 bits per heavy atom. The molecule has 0 atom stereocenters. The SMILES string of the molecule is Cc1nnc(SCCNC(=O)C2CCN(c3nc(C)c4cc(C(C)C)ccc4n3)CC2)s1. The summed E-state index contributed by atoms with van der Waals surface area (Å²) in [6.45, 7) is 10.6. The molecule has 0 radical (unpaired) electrons. The number of amides is 1. The van der Waals surface area contributed by atoms with Crippen LogP contribution in [-0.4, -0.2) is 51.5 Å². The van der Waals surface area contributed by atoms with Gasteiger partial charge in [0.05, 0.1) is 11.2 Å². The number of hydrogen-bond donors (Lipinski definition) is 1. The lowest BCUT2D eigenvalue weighted by Gasteiger charge is -2.31. The number of piperidine rings is 1. The topological polar surface area (TPSA) is 83.9 Å². The van der Waals surface area contributed by atoms with Crippen LogP contribution in [0, 0.1) is 19.8 Å². The largest absolute Gasteiger partial charge is 0.355 e. The highest BCUT2D eigenvalue weighted by molar-refractivity contribution is 8.01. The van der Waals surface area contributed by atoms with E-state index in [1.807, 2.05) is 6.92 Å². The van der Waals surface area contributed by atoms with Crippen molar-refractivity contribution in [3.05, 3.63) is 34.5 Å². The third-order valence-electron chi connectivity index (χ3n) is 5.85. The summed E-state index contributed by atoms with van der Waals surface area (Å²) in [6.07, 6.45) is 1.64. The lowest BCUT2D eigenvalue weighted by Crippen LogP contribution is -2.41. The summed E-state index contributed by atoms with van der Waals surface area (Å²) in [5.74, 6) is 2.26. The second kappa shape index (κ2) is 10.1. The Balaban J connectivity index is 1.29. The molecule has 0 aliphatic carbocycles. The maximum atomic E-state index is 12.6. The molecule has 1 fully saturated rings. The van der Waals surface area contributed by atoms with Crippen LogP contribution < -0.4 is 10.2 Å². The third kappa shape index (κ3) is 5.38. The zero-order valence-corrected chi connectivity index (χ0v) is 20.7. The van der Waals surface area contributed by atoms with E-state index in [2.05, 4.69) is 59.4 Å². The number of rotatable bonds is 7. The molecule has 0 saturated carbocycles. The Bertz CT molecular complexity index is 1090. The molecule has 170 valence electrons. The van der Waals surface area contributed by atoms with Crippen molar-refractivity contribution in [1.29, 1.82) is 0 Å². The molecule has 1 amide bonds. The summed E-state index contributed by atoms with van der Waals surface area (Å²) < 4.78 is 0.955. The quantitative estimate of drug-likeness (QED) is 0.406. The monoisotopic (exact) mass is 470 g/mol. The lowest BCUT2D eigenvalue weighted by atomic mass is 9.96. The van der Waals surface area contributed by atoms with Crippen LogP contribution in [0.2, 0.25) is 0 Å². The van der Waals surface area contributed by atoms with Crippen LogP contribution in [0.5, 0.6) is 0 Å². The number of aromatic nitrogens is 4. The highest BCUT2D eigenvalue weighted by Gasteiger charge is 2.26. The first kappa shape index (κ1) is 22.9. The number of carbonyl (C=O) groups is 1. The van der Waals surface area contributed by atoms with Gasteiger partial charge in [0.2, 0.25) is 11.9 Å². The zero-order valence-electron chi connectivity index (χ0n) is 19.1. The third-order valence-corrected chi connectivity index (χ3v) is 7.82. The number of anilines is 1. The maximum absolute atomic E-state index is 12.6. The predicted octanol–water partition coefficient (Wildman–Crippen LogP) is 4.35. The molecule has 3 heterocycles. The molecule has 4 rings (SSSR count). The molecule has 1 N–H and O–H groups in total. The molecule has 1 aromatic carbocycles. The number of hydrogen-bond acceptors (Lipinski definition) is 8. The van der Waals surface area contributed by atoms with Crippen LogP contribution in [0.4, 0.5) is 5.95 Å². The van der Waals surface area contributed by atoms with Gasteiger partial charge >= 0.3 is 0 Å². The lowest BCUT2D eigenvalue weighted by molar-refractivity contribution is -0.125. The second-order valence-electron chi connectivity index (χ2n) is 8.53. The van der Waals surface area contributed by atoms with Crippen molar-refractivity contribution in [2.75, 3.05) is 30.3 Å². The average Bonchev–Trinajstić information content (AvgIpc) is 3.21. The van der Waals surface area contributed by atoms with E-state index in [0.717, 1.165) is 63.6 Å². The van der Waals surface area contributed by atoms with Crippen molar-refractivity contribution in [3.63, 3.8) is 0 Å². The maximum Gasteiger partial charge on any atom is 0.226 e. The molecule has 0 unspecified atom stereocenters. The Kier molecular flexibility index (Phi) is 7.25. The van der Waals surface area contributed by atoms with E-state index in [4.69, 9.17) is 9.97 Å². The van der Waals surface area contributed by atoms with Gasteiger partial charge in [0.25, 0.3) is 0 Å². The van der Waals surface area contributed by atoms with E-state index < -0.39 is 0 Å². The van der Waals surface area contributed by atoms with Gasteiger partial charge in [-0.3, -0.25) is 4.79 Å². The predicted molar refractivity (Wildman–Crippen MR) is 132 cm³/mol. The molecular weight excluding hydrogens is 440 g/mol. The van der Waals surface area contributed by atoms with Crippen LogP contribution in [0.15, 0.2) is 22.5 Å². The molecule has 9 heteroatoms. The van der Waals surface area contributed by atoms with Crippen molar-refractivity contribution in [2.45, 2.75) is 50.8 Å². The van der Waals surface area contributed by atoms with Crippen molar-refractivity contribution in [1.82, 2.24) is 25.5 Å². The number of thioether (sulfide) groups is 1. The van der Waals surface area contributed by atoms with Gasteiger partial charge in [-0.1, -0.05) is 43.0 Å². The van der Waals surface area contributed by atoms with Gasteiger partial charge < -0.3 is 10.2 Å². The molecule has 2 aromatic heterocycles. The molecule has 32 heavy (non-hydrogen) atoms. The smallest absolute Gasteiger partial charge is 0.226 e. The number of nitrogens with zero attached hydrogens (tertiary/aromatic N) is 5. The van der Waals surface area contributed by atoms with Crippen molar-refractivity contribution in [3.8, 4) is 0 Å².